The van der Waals surface area contributed by atoms with Crippen molar-refractivity contribution in [3.8, 4) is 11.6 Å². The smallest absolute Gasteiger partial charge is 0.213 e. The molecule has 0 unspecified atom stereocenters. The number of nitrogens with zero attached hydrogens (tertiary/aromatic N) is 2. The van der Waals surface area contributed by atoms with Crippen LogP contribution in [0.5, 0.6) is 11.6 Å². The van der Waals surface area contributed by atoms with Gasteiger partial charge in [-0.25, -0.2) is 4.98 Å². The van der Waals surface area contributed by atoms with E-state index in [0.29, 0.717) is 29.7 Å². The summed E-state index contributed by atoms with van der Waals surface area (Å²) in [6.45, 7) is 4.14. The maximum Gasteiger partial charge on any atom is 0.213 e. The fourth-order valence-corrected chi connectivity index (χ4v) is 3.32. The van der Waals surface area contributed by atoms with Gasteiger partial charge in [0.05, 0.1) is 12.7 Å². The number of hydrogen-bond acceptors (Lipinski definition) is 5. The van der Waals surface area contributed by atoms with Crippen molar-refractivity contribution in [1.29, 1.82) is 0 Å². The molecule has 0 aliphatic carbocycles. The van der Waals surface area contributed by atoms with Crippen molar-refractivity contribution in [3.63, 3.8) is 0 Å². The number of benzene rings is 1. The quantitative estimate of drug-likeness (QED) is 0.591. The number of carbonyl (C=O) groups excluding carboxylic acids is 1. The lowest BCUT2D eigenvalue weighted by Crippen LogP contribution is -2.30. The van der Waals surface area contributed by atoms with E-state index in [0.717, 1.165) is 37.2 Å². The molecule has 0 saturated carbocycles. The zero-order valence-corrected chi connectivity index (χ0v) is 15.7. The summed E-state index contributed by atoms with van der Waals surface area (Å²) in [7, 11) is 3.73. The van der Waals surface area contributed by atoms with Crippen molar-refractivity contribution in [2.75, 3.05) is 20.2 Å². The summed E-state index contributed by atoms with van der Waals surface area (Å²) < 4.78 is 11.2. The second-order valence-electron chi connectivity index (χ2n) is 6.86. The Bertz CT molecular complexity index is 773. The molecule has 1 aliphatic heterocycles. The van der Waals surface area contributed by atoms with Crippen LogP contribution in [0.1, 0.15) is 47.3 Å². The first-order valence-corrected chi connectivity index (χ1v) is 9.03. The number of aromatic nitrogens is 1. The highest BCUT2D eigenvalue weighted by Crippen LogP contribution is 2.27. The van der Waals surface area contributed by atoms with Gasteiger partial charge in [0.25, 0.3) is 0 Å². The van der Waals surface area contributed by atoms with Crippen molar-refractivity contribution in [2.45, 2.75) is 32.3 Å². The Morgan fingerprint density at radius 1 is 1.27 bits per heavy atom. The van der Waals surface area contributed by atoms with Crippen molar-refractivity contribution in [3.05, 3.63) is 53.2 Å². The zero-order valence-electron chi connectivity index (χ0n) is 15.7. The van der Waals surface area contributed by atoms with Gasteiger partial charge in [0.1, 0.15) is 12.4 Å². The number of ether oxygens (including phenoxy) is 2. The number of Topliss-reactive ketones (excluding diaryl/α,β-unsaturated/α-hetero) is 1. The fraction of sp³-hybridized carbons (Fsp3) is 0.400. The minimum Gasteiger partial charge on any atom is -0.496 e. The van der Waals surface area contributed by atoms with Crippen LogP contribution in [0.3, 0.4) is 0 Å². The second kappa shape index (κ2) is 8.36. The number of carbonyl (C=O) groups is 1. The molecule has 1 saturated heterocycles. The number of ketones is 1. The molecule has 0 atom stereocenters. The lowest BCUT2D eigenvalue weighted by molar-refractivity contribution is 0.101. The van der Waals surface area contributed by atoms with Crippen LogP contribution in [0, 0.1) is 0 Å². The van der Waals surface area contributed by atoms with E-state index in [1.54, 1.807) is 13.2 Å². The first kappa shape index (κ1) is 18.5. The molecule has 136 valence electrons. The zero-order chi connectivity index (χ0) is 18.5. The Morgan fingerprint density at radius 3 is 2.73 bits per heavy atom. The molecule has 0 radical (unpaired) electrons. The minimum absolute atomic E-state index is 0.0122. The van der Waals surface area contributed by atoms with Crippen LogP contribution in [0.2, 0.25) is 0 Å². The Labute approximate surface area is 155 Å². The van der Waals surface area contributed by atoms with Gasteiger partial charge in [-0.1, -0.05) is 12.1 Å². The molecular weight excluding hydrogens is 327 g/mol. The number of pyridine rings is 1. The summed E-state index contributed by atoms with van der Waals surface area (Å²) in [5.41, 5.74) is 2.64. The van der Waals surface area contributed by atoms with Gasteiger partial charge in [0.15, 0.2) is 13.8 Å². The Balaban J connectivity index is 1.66. The normalized spacial score (nSPS) is 15.6. The standard InChI is InChI=1S/C20H25BN2O3/c1-14(24)17-7-6-15(12-19(17)25-2)13-26-20-5-3-4-18(22-20)16-8-10-23(21)11-9-16/h3-7,12,16H,8-11,13,21H2,1-2H3. The molecule has 6 heteroatoms. The number of rotatable bonds is 6. The van der Waals surface area contributed by atoms with E-state index in [9.17, 15) is 4.79 Å². The molecule has 0 N–H and O–H groups in total. The molecule has 1 aromatic heterocycles. The first-order chi connectivity index (χ1) is 12.6. The first-order valence-electron chi connectivity index (χ1n) is 9.03. The molecule has 2 aromatic rings. The van der Waals surface area contributed by atoms with Crippen molar-refractivity contribution in [1.82, 2.24) is 9.79 Å². The highest BCUT2D eigenvalue weighted by molar-refractivity contribution is 6.04. The van der Waals surface area contributed by atoms with E-state index >= 15 is 0 Å². The van der Waals surface area contributed by atoms with Crippen LogP contribution in [-0.4, -0.2) is 43.8 Å². The molecule has 26 heavy (non-hydrogen) atoms. The maximum atomic E-state index is 11.6. The number of methoxy groups -OCH3 is 1. The average molecular weight is 352 g/mol. The highest BCUT2D eigenvalue weighted by Gasteiger charge is 2.19. The Hall–Kier alpha value is -2.34. The molecule has 3 rings (SSSR count). The summed E-state index contributed by atoms with van der Waals surface area (Å²) in [6, 6.07) is 11.5. The molecular formula is C20H25BN2O3. The van der Waals surface area contributed by atoms with Crippen molar-refractivity contribution in [2.24, 2.45) is 0 Å². The largest absolute Gasteiger partial charge is 0.496 e. The lowest BCUT2D eigenvalue weighted by atomic mass is 9.92. The fourth-order valence-electron chi connectivity index (χ4n) is 3.32. The van der Waals surface area contributed by atoms with Gasteiger partial charge in [0, 0.05) is 17.7 Å². The molecule has 1 aromatic carbocycles. The lowest BCUT2D eigenvalue weighted by Gasteiger charge is -2.29. The predicted molar refractivity (Wildman–Crippen MR) is 104 cm³/mol. The molecule has 0 spiro atoms. The summed E-state index contributed by atoms with van der Waals surface area (Å²) in [5.74, 6) is 1.70. The van der Waals surface area contributed by atoms with Gasteiger partial charge in [-0.2, -0.15) is 0 Å². The van der Waals surface area contributed by atoms with Crippen LogP contribution in [0.15, 0.2) is 36.4 Å². The average Bonchev–Trinajstić information content (AvgIpc) is 2.66. The monoisotopic (exact) mass is 352 g/mol. The SMILES string of the molecule is BN1CCC(c2cccc(OCc3ccc(C(C)=O)c(OC)c3)n2)CC1. The predicted octanol–water partition coefficient (Wildman–Crippen LogP) is 2.60. The second-order valence-corrected chi connectivity index (χ2v) is 6.86. The van der Waals surface area contributed by atoms with Gasteiger partial charge in [-0.3, -0.25) is 4.79 Å². The number of piperidine rings is 1. The van der Waals surface area contributed by atoms with Gasteiger partial charge in [-0.05, 0) is 56.6 Å². The molecule has 1 fully saturated rings. The molecule has 1 aliphatic rings. The topological polar surface area (TPSA) is 51.7 Å². The maximum absolute atomic E-state index is 11.6. The third-order valence-corrected chi connectivity index (χ3v) is 4.91. The van der Waals surface area contributed by atoms with Crippen LogP contribution in [0.25, 0.3) is 0 Å². The van der Waals surface area contributed by atoms with E-state index in [4.69, 9.17) is 14.5 Å². The van der Waals surface area contributed by atoms with E-state index in [-0.39, 0.29) is 5.78 Å². The van der Waals surface area contributed by atoms with Crippen LogP contribution in [-0.2, 0) is 6.61 Å². The van der Waals surface area contributed by atoms with Crippen LogP contribution in [0.4, 0.5) is 0 Å². The Kier molecular flexibility index (Phi) is 5.94. The number of hydrogen-bond donors (Lipinski definition) is 0. The van der Waals surface area contributed by atoms with Gasteiger partial charge >= 0.3 is 0 Å². The molecule has 0 amide bonds. The summed E-state index contributed by atoms with van der Waals surface area (Å²) in [6.07, 6.45) is 2.27. The Morgan fingerprint density at radius 2 is 2.04 bits per heavy atom. The van der Waals surface area contributed by atoms with Crippen LogP contribution >= 0.6 is 0 Å². The van der Waals surface area contributed by atoms with Gasteiger partial charge in [0.2, 0.25) is 5.88 Å². The summed E-state index contributed by atoms with van der Waals surface area (Å²) in [4.78, 5) is 18.7. The molecule has 5 nitrogen and oxygen atoms in total. The summed E-state index contributed by atoms with van der Waals surface area (Å²) in [5, 5.41) is 0. The third-order valence-electron chi connectivity index (χ3n) is 4.91. The van der Waals surface area contributed by atoms with E-state index in [2.05, 4.69) is 18.9 Å². The van der Waals surface area contributed by atoms with E-state index in [1.165, 1.54) is 6.92 Å². The summed E-state index contributed by atoms with van der Waals surface area (Å²) >= 11 is 0. The minimum atomic E-state index is -0.0122. The van der Waals surface area contributed by atoms with Gasteiger partial charge < -0.3 is 14.3 Å². The van der Waals surface area contributed by atoms with Crippen molar-refractivity contribution < 1.29 is 14.3 Å². The van der Waals surface area contributed by atoms with Crippen LogP contribution < -0.4 is 9.47 Å². The molecule has 2 heterocycles. The van der Waals surface area contributed by atoms with Crippen molar-refractivity contribution >= 4 is 13.8 Å². The van der Waals surface area contributed by atoms with Gasteiger partial charge in [-0.15, -0.1) is 0 Å². The third kappa shape index (κ3) is 4.44. The van der Waals surface area contributed by atoms with E-state index < -0.39 is 0 Å². The molecule has 0 bridgehead atoms. The highest BCUT2D eigenvalue weighted by atomic mass is 16.5. The van der Waals surface area contributed by atoms with E-state index in [1.807, 2.05) is 24.3 Å².